The molecule has 0 spiro atoms. The van der Waals surface area contributed by atoms with Crippen LogP contribution in [0.5, 0.6) is 0 Å². The number of nitrogens with zero attached hydrogens (tertiary/aromatic N) is 1. The molecule has 1 heterocycles. The summed E-state index contributed by atoms with van der Waals surface area (Å²) in [6.45, 7) is 7.80. The highest BCUT2D eigenvalue weighted by Crippen LogP contribution is 2.40. The molecule has 2 aromatic carbocycles. The molecule has 0 bridgehead atoms. The summed E-state index contributed by atoms with van der Waals surface area (Å²) in [6, 6.07) is 13.4. The molecule has 3 aromatic rings. The van der Waals surface area contributed by atoms with Gasteiger partial charge in [-0.2, -0.15) is 0 Å². The standard InChI is InChI=1S/C29H35ClN2O4S2/c1-6-20(16-29(3,4)37-31)24-15-27(33)32(5)17-26(24)25-14-19(18-38(35,36)7-2)8-13-23(25)28(34)21-9-11-22(30)12-10-21/h8-15,17,20H,6-7,16,18,31H2,1-5H3/t20-/m0/s1. The number of rotatable bonds is 11. The molecule has 0 unspecified atom stereocenters. The topological polar surface area (TPSA) is 99.2 Å². The van der Waals surface area contributed by atoms with Crippen LogP contribution in [0.15, 0.2) is 59.5 Å². The van der Waals surface area contributed by atoms with Crippen molar-refractivity contribution in [2.24, 2.45) is 12.2 Å². The lowest BCUT2D eigenvalue weighted by Gasteiger charge is -2.29. The summed E-state index contributed by atoms with van der Waals surface area (Å²) in [5, 5.41) is 6.48. The van der Waals surface area contributed by atoms with Crippen LogP contribution in [0.3, 0.4) is 0 Å². The van der Waals surface area contributed by atoms with E-state index in [0.717, 1.165) is 24.0 Å². The van der Waals surface area contributed by atoms with Crippen LogP contribution in [0.1, 0.15) is 73.5 Å². The number of pyridine rings is 1. The van der Waals surface area contributed by atoms with Gasteiger partial charge in [0.25, 0.3) is 5.56 Å². The molecule has 6 nitrogen and oxygen atoms in total. The molecule has 1 aromatic heterocycles. The van der Waals surface area contributed by atoms with Gasteiger partial charge in [0.05, 0.1) is 5.75 Å². The molecule has 0 saturated carbocycles. The van der Waals surface area contributed by atoms with Gasteiger partial charge in [-0.05, 0) is 79.6 Å². The van der Waals surface area contributed by atoms with Gasteiger partial charge in [0.15, 0.2) is 15.6 Å². The summed E-state index contributed by atoms with van der Waals surface area (Å²) < 4.78 is 26.2. The fourth-order valence-electron chi connectivity index (χ4n) is 4.54. The Morgan fingerprint density at radius 2 is 1.74 bits per heavy atom. The van der Waals surface area contributed by atoms with Crippen molar-refractivity contribution in [3.05, 3.63) is 92.4 Å². The minimum absolute atomic E-state index is 0.00790. The number of sulfone groups is 1. The van der Waals surface area contributed by atoms with Gasteiger partial charge in [-0.25, -0.2) is 8.42 Å². The Hall–Kier alpha value is -2.39. The maximum absolute atomic E-state index is 13.7. The number of nitrogens with two attached hydrogens (primary N) is 1. The van der Waals surface area contributed by atoms with E-state index >= 15 is 0 Å². The first-order chi connectivity index (χ1) is 17.8. The van der Waals surface area contributed by atoms with E-state index in [4.69, 9.17) is 16.7 Å². The molecule has 3 rings (SSSR count). The summed E-state index contributed by atoms with van der Waals surface area (Å²) >= 11 is 7.32. The Morgan fingerprint density at radius 1 is 1.08 bits per heavy atom. The first kappa shape index (κ1) is 30.2. The molecule has 0 fully saturated rings. The van der Waals surface area contributed by atoms with Gasteiger partial charge in [0, 0.05) is 51.5 Å². The predicted molar refractivity (Wildman–Crippen MR) is 159 cm³/mol. The van der Waals surface area contributed by atoms with Crippen LogP contribution < -0.4 is 10.7 Å². The third-order valence-electron chi connectivity index (χ3n) is 6.80. The van der Waals surface area contributed by atoms with E-state index in [-0.39, 0.29) is 33.5 Å². The molecule has 0 aliphatic rings. The van der Waals surface area contributed by atoms with Crippen LogP contribution >= 0.6 is 23.5 Å². The van der Waals surface area contributed by atoms with E-state index in [1.54, 1.807) is 68.7 Å². The van der Waals surface area contributed by atoms with Gasteiger partial charge in [0.2, 0.25) is 0 Å². The van der Waals surface area contributed by atoms with Crippen molar-refractivity contribution in [2.75, 3.05) is 5.75 Å². The van der Waals surface area contributed by atoms with Crippen molar-refractivity contribution in [2.45, 2.75) is 57.0 Å². The SMILES string of the molecule is CC[C@@H](CC(C)(C)SN)c1cc(=O)n(C)cc1-c1cc(CS(=O)(=O)CC)ccc1C(=O)c1ccc(Cl)cc1. The average molecular weight is 575 g/mol. The number of carbonyl (C=O) groups is 1. The lowest BCUT2D eigenvalue weighted by molar-refractivity contribution is 0.103. The predicted octanol–water partition coefficient (Wildman–Crippen LogP) is 6.14. The largest absolute Gasteiger partial charge is 0.318 e. The minimum atomic E-state index is -3.31. The number of benzene rings is 2. The second-order valence-corrected chi connectivity index (χ2v) is 14.3. The Bertz CT molecular complexity index is 1480. The fourth-order valence-corrected chi connectivity index (χ4v) is 5.85. The van der Waals surface area contributed by atoms with E-state index in [9.17, 15) is 18.0 Å². The number of aromatic nitrogens is 1. The number of hydrogen-bond acceptors (Lipinski definition) is 6. The number of carbonyl (C=O) groups excluding carboxylic acids is 1. The summed E-state index contributed by atoms with van der Waals surface area (Å²) in [5.74, 6) is -0.345. The average Bonchev–Trinajstić information content (AvgIpc) is 2.88. The van der Waals surface area contributed by atoms with Crippen LogP contribution in [-0.2, 0) is 22.6 Å². The molecule has 0 saturated heterocycles. The summed E-state index contributed by atoms with van der Waals surface area (Å²) in [4.78, 5) is 26.6. The van der Waals surface area contributed by atoms with Crippen molar-refractivity contribution in [1.29, 1.82) is 0 Å². The molecule has 38 heavy (non-hydrogen) atoms. The molecule has 1 atom stereocenters. The highest BCUT2D eigenvalue weighted by atomic mass is 35.5. The fraction of sp³-hybridized carbons (Fsp3) is 0.379. The van der Waals surface area contributed by atoms with Crippen molar-refractivity contribution in [3.8, 4) is 11.1 Å². The van der Waals surface area contributed by atoms with Crippen LogP contribution in [-0.4, -0.2) is 29.3 Å². The summed E-state index contributed by atoms with van der Waals surface area (Å²) in [6.07, 6.45) is 3.22. The maximum Gasteiger partial charge on any atom is 0.250 e. The Kier molecular flexibility index (Phi) is 9.68. The Labute approximate surface area is 234 Å². The van der Waals surface area contributed by atoms with Crippen molar-refractivity contribution < 1.29 is 13.2 Å². The minimum Gasteiger partial charge on any atom is -0.318 e. The highest BCUT2D eigenvalue weighted by Gasteiger charge is 2.27. The van der Waals surface area contributed by atoms with Gasteiger partial charge in [0.1, 0.15) is 0 Å². The monoisotopic (exact) mass is 574 g/mol. The normalized spacial score (nSPS) is 12.9. The molecule has 0 amide bonds. The zero-order chi connectivity index (χ0) is 28.3. The van der Waals surface area contributed by atoms with E-state index in [1.165, 1.54) is 16.5 Å². The first-order valence-corrected chi connectivity index (χ1v) is 15.6. The Morgan fingerprint density at radius 3 is 2.32 bits per heavy atom. The van der Waals surface area contributed by atoms with Gasteiger partial charge >= 0.3 is 0 Å². The first-order valence-electron chi connectivity index (χ1n) is 12.5. The van der Waals surface area contributed by atoms with Crippen LogP contribution in [0, 0.1) is 0 Å². The quantitative estimate of drug-likeness (QED) is 0.218. The smallest absolute Gasteiger partial charge is 0.250 e. The van der Waals surface area contributed by atoms with E-state index < -0.39 is 9.84 Å². The third-order valence-corrected chi connectivity index (χ3v) is 9.51. The van der Waals surface area contributed by atoms with Gasteiger partial charge in [-0.1, -0.05) is 49.5 Å². The van der Waals surface area contributed by atoms with Crippen molar-refractivity contribution >= 4 is 39.2 Å². The molecule has 0 aliphatic carbocycles. The number of hydrogen-bond donors (Lipinski definition) is 1. The lowest BCUT2D eigenvalue weighted by atomic mass is 9.82. The number of aryl methyl sites for hydroxylation is 1. The zero-order valence-corrected chi connectivity index (χ0v) is 24.8. The molecule has 0 aliphatic heterocycles. The van der Waals surface area contributed by atoms with Crippen molar-refractivity contribution in [1.82, 2.24) is 4.57 Å². The highest BCUT2D eigenvalue weighted by molar-refractivity contribution is 7.98. The molecular formula is C29H35ClN2O4S2. The molecule has 2 N–H and O–H groups in total. The van der Waals surface area contributed by atoms with E-state index in [2.05, 4.69) is 20.8 Å². The van der Waals surface area contributed by atoms with E-state index in [0.29, 0.717) is 27.3 Å². The summed E-state index contributed by atoms with van der Waals surface area (Å²) in [5.41, 5.74) is 3.45. The number of halogens is 1. The van der Waals surface area contributed by atoms with Crippen LogP contribution in [0.2, 0.25) is 5.02 Å². The van der Waals surface area contributed by atoms with Crippen molar-refractivity contribution in [3.63, 3.8) is 0 Å². The lowest BCUT2D eigenvalue weighted by Crippen LogP contribution is -2.24. The van der Waals surface area contributed by atoms with Gasteiger partial charge in [-0.3, -0.25) is 14.7 Å². The number of ketones is 1. The van der Waals surface area contributed by atoms with Crippen LogP contribution in [0.4, 0.5) is 0 Å². The second-order valence-electron chi connectivity index (χ2n) is 10.2. The molecule has 9 heteroatoms. The molecule has 204 valence electrons. The maximum atomic E-state index is 13.7. The van der Waals surface area contributed by atoms with Gasteiger partial charge < -0.3 is 4.57 Å². The Balaban J connectivity index is 2.31. The second kappa shape index (κ2) is 12.2. The van der Waals surface area contributed by atoms with Gasteiger partial charge in [-0.15, -0.1) is 0 Å². The van der Waals surface area contributed by atoms with Crippen LogP contribution in [0.25, 0.3) is 11.1 Å². The summed E-state index contributed by atoms with van der Waals surface area (Å²) in [7, 11) is -1.64. The van der Waals surface area contributed by atoms with E-state index in [1.807, 2.05) is 0 Å². The molecule has 0 radical (unpaired) electrons. The molecular weight excluding hydrogens is 540 g/mol. The third kappa shape index (κ3) is 7.17. The zero-order valence-electron chi connectivity index (χ0n) is 22.5.